The standard InChI is InChI=1S/C11H8F3N3O3/c12-11(13,14)10(18)19-7-4-2-1-3-6(7)9-17-16-8(5-15)20-9/h1-4H,5,15H2. The minimum atomic E-state index is -5.09. The molecule has 1 aromatic heterocycles. The molecule has 0 bridgehead atoms. The van der Waals surface area contributed by atoms with Gasteiger partial charge in [0.05, 0.1) is 12.1 Å². The molecule has 0 aliphatic heterocycles. The van der Waals surface area contributed by atoms with Gasteiger partial charge in [0.25, 0.3) is 5.89 Å². The summed E-state index contributed by atoms with van der Waals surface area (Å²) in [7, 11) is 0. The molecule has 0 aliphatic carbocycles. The van der Waals surface area contributed by atoms with Gasteiger partial charge < -0.3 is 14.9 Å². The fourth-order valence-electron chi connectivity index (χ4n) is 1.33. The normalized spacial score (nSPS) is 11.4. The van der Waals surface area contributed by atoms with Gasteiger partial charge in [-0.3, -0.25) is 0 Å². The first kappa shape index (κ1) is 14.0. The van der Waals surface area contributed by atoms with Gasteiger partial charge in [0.1, 0.15) is 5.75 Å². The Hall–Kier alpha value is -2.42. The zero-order valence-corrected chi connectivity index (χ0v) is 9.85. The molecule has 9 heteroatoms. The van der Waals surface area contributed by atoms with Crippen LogP contribution >= 0.6 is 0 Å². The molecule has 0 fully saturated rings. The zero-order valence-electron chi connectivity index (χ0n) is 9.85. The molecule has 106 valence electrons. The molecular formula is C11H8F3N3O3. The van der Waals surface area contributed by atoms with Crippen LogP contribution in [0.2, 0.25) is 0 Å². The van der Waals surface area contributed by atoms with E-state index in [4.69, 9.17) is 10.2 Å². The molecule has 0 atom stereocenters. The molecule has 0 spiro atoms. The van der Waals surface area contributed by atoms with Crippen LogP contribution in [-0.4, -0.2) is 22.3 Å². The average Bonchev–Trinajstić information content (AvgIpc) is 2.87. The molecule has 1 aromatic carbocycles. The molecule has 0 radical (unpaired) electrons. The van der Waals surface area contributed by atoms with Crippen molar-refractivity contribution in [2.45, 2.75) is 12.7 Å². The quantitative estimate of drug-likeness (QED) is 0.682. The number of esters is 1. The minimum absolute atomic E-state index is 0.0164. The number of ether oxygens (including phenoxy) is 1. The summed E-state index contributed by atoms with van der Waals surface area (Å²) in [5.41, 5.74) is 5.35. The lowest BCUT2D eigenvalue weighted by molar-refractivity contribution is -0.189. The maximum absolute atomic E-state index is 12.2. The van der Waals surface area contributed by atoms with Crippen molar-refractivity contribution < 1.29 is 27.1 Å². The molecule has 0 saturated carbocycles. The van der Waals surface area contributed by atoms with Gasteiger partial charge in [0, 0.05) is 0 Å². The van der Waals surface area contributed by atoms with Crippen molar-refractivity contribution in [1.82, 2.24) is 10.2 Å². The summed E-state index contributed by atoms with van der Waals surface area (Å²) in [6.07, 6.45) is -5.09. The Morgan fingerprint density at radius 3 is 2.60 bits per heavy atom. The minimum Gasteiger partial charge on any atom is -0.419 e. The molecule has 0 amide bonds. The second-order valence-electron chi connectivity index (χ2n) is 3.59. The Morgan fingerprint density at radius 1 is 1.30 bits per heavy atom. The number of benzene rings is 1. The number of aromatic nitrogens is 2. The first-order valence-corrected chi connectivity index (χ1v) is 5.32. The predicted molar refractivity (Wildman–Crippen MR) is 59.3 cm³/mol. The van der Waals surface area contributed by atoms with E-state index in [2.05, 4.69) is 14.9 Å². The third-order valence-corrected chi connectivity index (χ3v) is 2.19. The number of alkyl halides is 3. The second kappa shape index (κ2) is 5.29. The first-order chi connectivity index (χ1) is 9.41. The Kier molecular flexibility index (Phi) is 3.70. The predicted octanol–water partition coefficient (Wildman–Crippen LogP) is 1.66. The van der Waals surface area contributed by atoms with Crippen LogP contribution in [0, 0.1) is 0 Å². The van der Waals surface area contributed by atoms with Crippen LogP contribution in [0.15, 0.2) is 28.7 Å². The van der Waals surface area contributed by atoms with Crippen molar-refractivity contribution >= 4 is 5.97 Å². The maximum Gasteiger partial charge on any atom is 0.491 e. The van der Waals surface area contributed by atoms with Crippen LogP contribution < -0.4 is 10.5 Å². The van der Waals surface area contributed by atoms with E-state index in [0.717, 1.165) is 0 Å². The third-order valence-electron chi connectivity index (χ3n) is 2.19. The maximum atomic E-state index is 12.2. The monoisotopic (exact) mass is 287 g/mol. The van der Waals surface area contributed by atoms with Gasteiger partial charge in [0.2, 0.25) is 5.89 Å². The van der Waals surface area contributed by atoms with E-state index in [9.17, 15) is 18.0 Å². The zero-order chi connectivity index (χ0) is 14.8. The fourth-order valence-corrected chi connectivity index (χ4v) is 1.33. The number of carbonyl (C=O) groups excluding carboxylic acids is 1. The molecule has 20 heavy (non-hydrogen) atoms. The van der Waals surface area contributed by atoms with E-state index in [1.54, 1.807) is 0 Å². The van der Waals surface area contributed by atoms with Gasteiger partial charge >= 0.3 is 12.1 Å². The molecule has 1 heterocycles. The van der Waals surface area contributed by atoms with Gasteiger partial charge in [-0.15, -0.1) is 10.2 Å². The topological polar surface area (TPSA) is 91.2 Å². The number of nitrogens with zero attached hydrogens (tertiary/aromatic N) is 2. The van der Waals surface area contributed by atoms with E-state index in [-0.39, 0.29) is 29.6 Å². The highest BCUT2D eigenvalue weighted by molar-refractivity contribution is 5.80. The summed E-state index contributed by atoms with van der Waals surface area (Å²) >= 11 is 0. The molecule has 0 unspecified atom stereocenters. The SMILES string of the molecule is NCc1nnc(-c2ccccc2OC(=O)C(F)(F)F)o1. The van der Waals surface area contributed by atoms with E-state index < -0.39 is 12.1 Å². The molecule has 0 saturated heterocycles. The number of hydrogen-bond donors (Lipinski definition) is 1. The van der Waals surface area contributed by atoms with E-state index in [1.807, 2.05) is 0 Å². The van der Waals surface area contributed by atoms with Crippen LogP contribution in [0.25, 0.3) is 11.5 Å². The summed E-state index contributed by atoms with van der Waals surface area (Å²) in [4.78, 5) is 10.8. The number of para-hydroxylation sites is 1. The molecule has 2 N–H and O–H groups in total. The van der Waals surface area contributed by atoms with Crippen molar-refractivity contribution in [2.24, 2.45) is 5.73 Å². The lowest BCUT2D eigenvalue weighted by atomic mass is 10.2. The summed E-state index contributed by atoms with van der Waals surface area (Å²) in [6.45, 7) is -0.0164. The highest BCUT2D eigenvalue weighted by Gasteiger charge is 2.41. The molecule has 2 aromatic rings. The molecule has 2 rings (SSSR count). The highest BCUT2D eigenvalue weighted by atomic mass is 19.4. The summed E-state index contributed by atoms with van der Waals surface area (Å²) in [5, 5.41) is 7.19. The van der Waals surface area contributed by atoms with Gasteiger partial charge in [0.15, 0.2) is 0 Å². The van der Waals surface area contributed by atoms with Crippen LogP contribution in [0.4, 0.5) is 13.2 Å². The van der Waals surface area contributed by atoms with Crippen molar-refractivity contribution in [3.63, 3.8) is 0 Å². The van der Waals surface area contributed by atoms with Gasteiger partial charge in [-0.1, -0.05) is 12.1 Å². The number of halogens is 3. The molecule has 6 nitrogen and oxygen atoms in total. The Bertz CT molecular complexity index is 625. The van der Waals surface area contributed by atoms with Crippen LogP contribution in [0.5, 0.6) is 5.75 Å². The van der Waals surface area contributed by atoms with E-state index in [1.165, 1.54) is 24.3 Å². The lowest BCUT2D eigenvalue weighted by Gasteiger charge is -2.08. The van der Waals surface area contributed by atoms with Gasteiger partial charge in [-0.25, -0.2) is 4.79 Å². The largest absolute Gasteiger partial charge is 0.491 e. The summed E-state index contributed by atoms with van der Waals surface area (Å²) in [5.74, 6) is -2.64. The lowest BCUT2D eigenvalue weighted by Crippen LogP contribution is -2.28. The summed E-state index contributed by atoms with van der Waals surface area (Å²) in [6, 6.07) is 5.49. The average molecular weight is 287 g/mol. The van der Waals surface area contributed by atoms with Gasteiger partial charge in [-0.2, -0.15) is 13.2 Å². The number of carbonyl (C=O) groups is 1. The highest BCUT2D eigenvalue weighted by Crippen LogP contribution is 2.30. The van der Waals surface area contributed by atoms with Crippen molar-refractivity contribution in [1.29, 1.82) is 0 Å². The fraction of sp³-hybridized carbons (Fsp3) is 0.182. The third kappa shape index (κ3) is 2.94. The molecular weight excluding hydrogens is 279 g/mol. The number of hydrogen-bond acceptors (Lipinski definition) is 6. The van der Waals surface area contributed by atoms with Crippen molar-refractivity contribution in [3.05, 3.63) is 30.2 Å². The summed E-state index contributed by atoms with van der Waals surface area (Å²) < 4.78 is 45.9. The van der Waals surface area contributed by atoms with Crippen LogP contribution in [-0.2, 0) is 11.3 Å². The Balaban J connectivity index is 2.33. The van der Waals surface area contributed by atoms with Crippen molar-refractivity contribution in [3.8, 4) is 17.2 Å². The van der Waals surface area contributed by atoms with Gasteiger partial charge in [-0.05, 0) is 12.1 Å². The van der Waals surface area contributed by atoms with Crippen LogP contribution in [0.1, 0.15) is 5.89 Å². The Labute approximate surface area is 110 Å². The van der Waals surface area contributed by atoms with Crippen molar-refractivity contribution in [2.75, 3.05) is 0 Å². The van der Waals surface area contributed by atoms with Crippen LogP contribution in [0.3, 0.4) is 0 Å². The molecule has 0 aliphatic rings. The number of nitrogens with two attached hydrogens (primary N) is 1. The number of rotatable bonds is 3. The van der Waals surface area contributed by atoms with E-state index in [0.29, 0.717) is 0 Å². The Morgan fingerprint density at radius 2 is 2.00 bits per heavy atom. The van der Waals surface area contributed by atoms with E-state index >= 15 is 0 Å². The smallest absolute Gasteiger partial charge is 0.419 e. The second-order valence-corrected chi connectivity index (χ2v) is 3.59. The first-order valence-electron chi connectivity index (χ1n) is 5.32.